The Labute approximate surface area is 153 Å². The van der Waals surface area contributed by atoms with Gasteiger partial charge < -0.3 is 15.0 Å². The van der Waals surface area contributed by atoms with Crippen molar-refractivity contribution in [2.24, 2.45) is 0 Å². The second-order valence-electron chi connectivity index (χ2n) is 5.46. The van der Waals surface area contributed by atoms with Gasteiger partial charge in [-0.05, 0) is 51.8 Å². The fourth-order valence-electron chi connectivity index (χ4n) is 2.50. The lowest BCUT2D eigenvalue weighted by Crippen LogP contribution is -2.17. The van der Waals surface area contributed by atoms with Crippen molar-refractivity contribution in [2.75, 3.05) is 5.32 Å². The Balaban J connectivity index is 1.80. The van der Waals surface area contributed by atoms with E-state index in [0.29, 0.717) is 22.4 Å². The third kappa shape index (κ3) is 3.97. The number of anilines is 1. The van der Waals surface area contributed by atoms with Crippen molar-refractivity contribution in [3.05, 3.63) is 88.2 Å². The number of aromatic carboxylic acids is 1. The van der Waals surface area contributed by atoms with Gasteiger partial charge in [0.2, 0.25) is 0 Å². The van der Waals surface area contributed by atoms with Crippen molar-refractivity contribution in [1.82, 2.24) is 4.57 Å². The molecule has 3 rings (SSSR count). The zero-order valence-corrected chi connectivity index (χ0v) is 14.7. The summed E-state index contributed by atoms with van der Waals surface area (Å²) in [5, 5.41) is 11.9. The van der Waals surface area contributed by atoms with Crippen LogP contribution in [0, 0.1) is 0 Å². The van der Waals surface area contributed by atoms with Crippen LogP contribution in [0.2, 0.25) is 0 Å². The average Bonchev–Trinajstić information content (AvgIpc) is 3.05. The number of nitrogens with one attached hydrogen (secondary N) is 1. The van der Waals surface area contributed by atoms with Crippen LogP contribution < -0.4 is 5.32 Å². The fraction of sp³-hybridized carbons (Fsp3) is 0.0526. The van der Waals surface area contributed by atoms with Crippen LogP contribution in [0.15, 0.2) is 71.3 Å². The van der Waals surface area contributed by atoms with Gasteiger partial charge >= 0.3 is 5.97 Å². The van der Waals surface area contributed by atoms with E-state index in [9.17, 15) is 9.59 Å². The minimum atomic E-state index is -1.06. The lowest BCUT2D eigenvalue weighted by molar-refractivity contribution is 0.0695. The Morgan fingerprint density at radius 1 is 1.04 bits per heavy atom. The van der Waals surface area contributed by atoms with Gasteiger partial charge in [-0.15, -0.1) is 0 Å². The number of rotatable bonds is 5. The molecule has 5 nitrogen and oxygen atoms in total. The summed E-state index contributed by atoms with van der Waals surface area (Å²) < 4.78 is 2.31. The summed E-state index contributed by atoms with van der Waals surface area (Å²) in [4.78, 5) is 23.8. The van der Waals surface area contributed by atoms with Crippen LogP contribution in [0.1, 0.15) is 26.4 Å². The van der Waals surface area contributed by atoms with E-state index in [1.54, 1.807) is 18.2 Å². The zero-order chi connectivity index (χ0) is 17.8. The van der Waals surface area contributed by atoms with Gasteiger partial charge in [0.05, 0.1) is 5.56 Å². The van der Waals surface area contributed by atoms with E-state index in [-0.39, 0.29) is 11.5 Å². The average molecular weight is 399 g/mol. The van der Waals surface area contributed by atoms with Gasteiger partial charge in [-0.3, -0.25) is 4.79 Å². The van der Waals surface area contributed by atoms with Crippen LogP contribution in [0.4, 0.5) is 5.69 Å². The Morgan fingerprint density at radius 3 is 2.52 bits per heavy atom. The molecule has 0 radical (unpaired) electrons. The molecule has 2 N–H and O–H groups in total. The van der Waals surface area contributed by atoms with E-state index in [0.717, 1.165) is 5.56 Å². The summed E-state index contributed by atoms with van der Waals surface area (Å²) in [6, 6.07) is 18.1. The monoisotopic (exact) mass is 398 g/mol. The summed E-state index contributed by atoms with van der Waals surface area (Å²) in [6.45, 7) is 0.581. The Hall–Kier alpha value is -2.86. The summed E-state index contributed by atoms with van der Waals surface area (Å²) in [5.74, 6) is -1.35. The highest BCUT2D eigenvalue weighted by Crippen LogP contribution is 2.22. The maximum Gasteiger partial charge on any atom is 0.336 e. The van der Waals surface area contributed by atoms with E-state index >= 15 is 0 Å². The number of benzene rings is 2. The molecule has 0 unspecified atom stereocenters. The zero-order valence-electron chi connectivity index (χ0n) is 13.1. The number of hydrogen-bond donors (Lipinski definition) is 2. The van der Waals surface area contributed by atoms with Crippen molar-refractivity contribution >= 4 is 33.5 Å². The molecule has 0 saturated heterocycles. The molecule has 0 bridgehead atoms. The predicted molar refractivity (Wildman–Crippen MR) is 99.0 cm³/mol. The van der Waals surface area contributed by atoms with Gasteiger partial charge in [0.1, 0.15) is 5.69 Å². The van der Waals surface area contributed by atoms with Crippen molar-refractivity contribution in [3.63, 3.8) is 0 Å². The third-order valence-electron chi connectivity index (χ3n) is 3.71. The first kappa shape index (κ1) is 17.0. The molecule has 2 aromatic carbocycles. The first-order valence-electron chi connectivity index (χ1n) is 7.58. The van der Waals surface area contributed by atoms with Crippen LogP contribution in [0.5, 0.6) is 0 Å². The van der Waals surface area contributed by atoms with Crippen LogP contribution in [-0.2, 0) is 6.54 Å². The number of carbonyl (C=O) groups is 2. The van der Waals surface area contributed by atoms with Crippen LogP contribution >= 0.6 is 15.9 Å². The van der Waals surface area contributed by atoms with Crippen molar-refractivity contribution < 1.29 is 14.7 Å². The number of carbonyl (C=O) groups excluding carboxylic acids is 1. The number of hydrogen-bond acceptors (Lipinski definition) is 2. The molecular formula is C19H15BrN2O3. The number of halogens is 1. The lowest BCUT2D eigenvalue weighted by atomic mass is 10.2. The molecule has 1 amide bonds. The summed E-state index contributed by atoms with van der Waals surface area (Å²) >= 11 is 3.19. The first-order chi connectivity index (χ1) is 12.0. The number of aromatic nitrogens is 1. The molecule has 3 aromatic rings. The van der Waals surface area contributed by atoms with Crippen LogP contribution in [0.3, 0.4) is 0 Å². The van der Waals surface area contributed by atoms with Crippen molar-refractivity contribution in [2.45, 2.75) is 6.54 Å². The van der Waals surface area contributed by atoms with Gasteiger partial charge in [0.25, 0.3) is 5.91 Å². The van der Waals surface area contributed by atoms with Crippen LogP contribution in [-0.4, -0.2) is 21.6 Å². The highest BCUT2D eigenvalue weighted by molar-refractivity contribution is 9.10. The number of carboxylic acids is 1. The van der Waals surface area contributed by atoms with Gasteiger partial charge in [0, 0.05) is 22.9 Å². The molecule has 1 heterocycles. The maximum absolute atomic E-state index is 12.6. The first-order valence-corrected chi connectivity index (χ1v) is 8.37. The predicted octanol–water partition coefficient (Wildman–Crippen LogP) is 4.25. The molecule has 0 aliphatic carbocycles. The molecular weight excluding hydrogens is 384 g/mol. The second kappa shape index (κ2) is 7.36. The van der Waals surface area contributed by atoms with Gasteiger partial charge in [-0.2, -0.15) is 0 Å². The van der Waals surface area contributed by atoms with E-state index in [2.05, 4.69) is 21.2 Å². The molecule has 0 spiro atoms. The fourth-order valence-corrected chi connectivity index (χ4v) is 2.92. The summed E-state index contributed by atoms with van der Waals surface area (Å²) in [5.41, 5.74) is 2.11. The molecule has 0 fully saturated rings. The van der Waals surface area contributed by atoms with Gasteiger partial charge in [-0.1, -0.05) is 30.3 Å². The highest BCUT2D eigenvalue weighted by Gasteiger charge is 2.14. The van der Waals surface area contributed by atoms with E-state index in [4.69, 9.17) is 5.11 Å². The largest absolute Gasteiger partial charge is 0.478 e. The Bertz CT molecular complexity index is 919. The summed E-state index contributed by atoms with van der Waals surface area (Å²) in [6.07, 6.45) is 1.84. The van der Waals surface area contributed by atoms with Gasteiger partial charge in [0.15, 0.2) is 0 Å². The topological polar surface area (TPSA) is 71.3 Å². The minimum absolute atomic E-state index is 0.0949. The van der Waals surface area contributed by atoms with Gasteiger partial charge in [-0.25, -0.2) is 4.79 Å². The third-order valence-corrected chi connectivity index (χ3v) is 4.40. The normalized spacial score (nSPS) is 10.4. The van der Waals surface area contributed by atoms with E-state index in [1.807, 2.05) is 47.2 Å². The highest BCUT2D eigenvalue weighted by atomic mass is 79.9. The molecule has 6 heteroatoms. The Morgan fingerprint density at radius 2 is 1.80 bits per heavy atom. The second-order valence-corrected chi connectivity index (χ2v) is 6.32. The standard InChI is InChI=1S/C19H15BrN2O3/c20-16-9-8-14(11-15(16)19(24)25)21-18(23)17-7-4-10-22(17)12-13-5-2-1-3-6-13/h1-11H,12H2,(H,21,23)(H,24,25). The van der Waals surface area contributed by atoms with E-state index in [1.165, 1.54) is 6.07 Å². The maximum atomic E-state index is 12.6. The Kier molecular flexibility index (Phi) is 5.00. The van der Waals surface area contributed by atoms with Crippen LogP contribution in [0.25, 0.3) is 0 Å². The molecule has 0 aliphatic rings. The van der Waals surface area contributed by atoms with E-state index < -0.39 is 5.97 Å². The number of amides is 1. The minimum Gasteiger partial charge on any atom is -0.478 e. The number of nitrogens with zero attached hydrogens (tertiary/aromatic N) is 1. The number of carboxylic acid groups (broad SMARTS) is 1. The molecule has 25 heavy (non-hydrogen) atoms. The van der Waals surface area contributed by atoms with Crippen molar-refractivity contribution in [3.8, 4) is 0 Å². The summed E-state index contributed by atoms with van der Waals surface area (Å²) in [7, 11) is 0. The lowest BCUT2D eigenvalue weighted by Gasteiger charge is -2.11. The smallest absolute Gasteiger partial charge is 0.336 e. The molecule has 0 aliphatic heterocycles. The molecule has 0 saturated carbocycles. The molecule has 1 aromatic heterocycles. The SMILES string of the molecule is O=C(O)c1cc(NC(=O)c2cccn2Cc2ccccc2)ccc1Br. The van der Waals surface area contributed by atoms with Crippen molar-refractivity contribution in [1.29, 1.82) is 0 Å². The molecule has 126 valence electrons. The quantitative estimate of drug-likeness (QED) is 0.674. The molecule has 0 atom stereocenters.